The third-order valence-corrected chi connectivity index (χ3v) is 5.87. The van der Waals surface area contributed by atoms with Crippen molar-refractivity contribution in [3.8, 4) is 0 Å². The Kier molecular flexibility index (Phi) is 4.83. The summed E-state index contributed by atoms with van der Waals surface area (Å²) in [6.45, 7) is 7.51. The molecule has 112 valence electrons. The Hall–Kier alpha value is -0.910. The maximum absolute atomic E-state index is 12.5. The van der Waals surface area contributed by atoms with Gasteiger partial charge in [0, 0.05) is 25.7 Å². The van der Waals surface area contributed by atoms with E-state index in [-0.39, 0.29) is 0 Å². The number of nitrogens with zero attached hydrogens (tertiary/aromatic N) is 1. The van der Waals surface area contributed by atoms with Crippen LogP contribution in [0.4, 0.5) is 0 Å². The molecule has 1 aromatic rings. The van der Waals surface area contributed by atoms with Gasteiger partial charge >= 0.3 is 0 Å². The molecule has 1 aromatic carbocycles. The fourth-order valence-corrected chi connectivity index (χ4v) is 3.76. The van der Waals surface area contributed by atoms with E-state index < -0.39 is 10.0 Å². The lowest BCUT2D eigenvalue weighted by molar-refractivity contribution is 0.445. The van der Waals surface area contributed by atoms with Gasteiger partial charge in [0.15, 0.2) is 0 Å². The van der Waals surface area contributed by atoms with E-state index in [4.69, 9.17) is 0 Å². The largest absolute Gasteiger partial charge is 0.310 e. The van der Waals surface area contributed by atoms with Crippen molar-refractivity contribution in [3.05, 3.63) is 29.3 Å². The molecule has 5 heteroatoms. The van der Waals surface area contributed by atoms with Gasteiger partial charge in [-0.2, -0.15) is 4.31 Å². The van der Waals surface area contributed by atoms with Crippen LogP contribution in [0.5, 0.6) is 0 Å². The maximum Gasteiger partial charge on any atom is 0.243 e. The van der Waals surface area contributed by atoms with Crippen molar-refractivity contribution in [2.75, 3.05) is 13.1 Å². The normalized spacial score (nSPS) is 15.8. The molecule has 0 aliphatic heterocycles. The minimum absolute atomic E-state index is 0.402. The van der Waals surface area contributed by atoms with E-state index in [1.165, 1.54) is 17.1 Å². The Labute approximate surface area is 122 Å². The first-order valence-corrected chi connectivity index (χ1v) is 8.76. The van der Waals surface area contributed by atoms with E-state index in [2.05, 4.69) is 5.32 Å². The Morgan fingerprint density at radius 3 is 2.45 bits per heavy atom. The molecule has 1 saturated carbocycles. The molecule has 1 aliphatic rings. The minimum Gasteiger partial charge on any atom is -0.310 e. The summed E-state index contributed by atoms with van der Waals surface area (Å²) in [5, 5.41) is 3.44. The van der Waals surface area contributed by atoms with Gasteiger partial charge in [-0.15, -0.1) is 0 Å². The summed E-state index contributed by atoms with van der Waals surface area (Å²) in [6, 6.07) is 6.06. The van der Waals surface area contributed by atoms with E-state index in [1.54, 1.807) is 6.07 Å². The summed E-state index contributed by atoms with van der Waals surface area (Å²) < 4.78 is 26.5. The van der Waals surface area contributed by atoms with Crippen LogP contribution in [0.2, 0.25) is 0 Å². The fourth-order valence-electron chi connectivity index (χ4n) is 2.25. The minimum atomic E-state index is -3.36. The van der Waals surface area contributed by atoms with Crippen molar-refractivity contribution in [2.24, 2.45) is 0 Å². The molecule has 4 nitrogen and oxygen atoms in total. The Morgan fingerprint density at radius 2 is 1.90 bits per heavy atom. The second-order valence-electron chi connectivity index (χ2n) is 5.33. The van der Waals surface area contributed by atoms with Crippen LogP contribution in [0.15, 0.2) is 23.1 Å². The van der Waals surface area contributed by atoms with E-state index in [0.717, 1.165) is 17.7 Å². The predicted octanol–water partition coefficient (Wildman–Crippen LogP) is 2.28. The van der Waals surface area contributed by atoms with Gasteiger partial charge in [0.1, 0.15) is 0 Å². The first kappa shape index (κ1) is 15.5. The topological polar surface area (TPSA) is 49.4 Å². The second-order valence-corrected chi connectivity index (χ2v) is 7.27. The van der Waals surface area contributed by atoms with Crippen molar-refractivity contribution in [1.29, 1.82) is 0 Å². The summed E-state index contributed by atoms with van der Waals surface area (Å²) in [7, 11) is -3.36. The zero-order valence-corrected chi connectivity index (χ0v) is 13.3. The molecule has 2 rings (SSSR count). The fraction of sp³-hybridized carbons (Fsp3) is 0.600. The van der Waals surface area contributed by atoms with Gasteiger partial charge in [-0.05, 0) is 43.0 Å². The van der Waals surface area contributed by atoms with Crippen LogP contribution in [0.1, 0.15) is 37.8 Å². The summed E-state index contributed by atoms with van der Waals surface area (Å²) >= 11 is 0. The molecule has 0 aromatic heterocycles. The van der Waals surface area contributed by atoms with Crippen LogP contribution in [0, 0.1) is 6.92 Å². The molecule has 0 atom stereocenters. The van der Waals surface area contributed by atoms with Gasteiger partial charge < -0.3 is 5.32 Å². The summed E-state index contributed by atoms with van der Waals surface area (Å²) in [4.78, 5) is 0.402. The molecule has 1 N–H and O–H groups in total. The van der Waals surface area contributed by atoms with Crippen molar-refractivity contribution >= 4 is 10.0 Å². The highest BCUT2D eigenvalue weighted by atomic mass is 32.2. The average Bonchev–Trinajstić information content (AvgIpc) is 3.22. The summed E-state index contributed by atoms with van der Waals surface area (Å²) in [6.07, 6.45) is 2.47. The summed E-state index contributed by atoms with van der Waals surface area (Å²) in [5.74, 6) is 0. The third kappa shape index (κ3) is 3.40. The van der Waals surface area contributed by atoms with Crippen LogP contribution in [0.3, 0.4) is 0 Å². The lowest BCUT2D eigenvalue weighted by Crippen LogP contribution is -2.30. The molecule has 0 unspecified atom stereocenters. The first-order valence-electron chi connectivity index (χ1n) is 7.32. The average molecular weight is 296 g/mol. The lowest BCUT2D eigenvalue weighted by atomic mass is 10.1. The number of rotatable bonds is 7. The van der Waals surface area contributed by atoms with Gasteiger partial charge in [-0.3, -0.25) is 0 Å². The van der Waals surface area contributed by atoms with Gasteiger partial charge in [0.05, 0.1) is 4.90 Å². The van der Waals surface area contributed by atoms with Gasteiger partial charge in [0.25, 0.3) is 0 Å². The number of nitrogens with one attached hydrogen (secondary N) is 1. The molecule has 0 bridgehead atoms. The van der Waals surface area contributed by atoms with Crippen LogP contribution in [0.25, 0.3) is 0 Å². The van der Waals surface area contributed by atoms with Gasteiger partial charge in [0.2, 0.25) is 10.0 Å². The van der Waals surface area contributed by atoms with E-state index in [0.29, 0.717) is 24.0 Å². The third-order valence-electron chi connectivity index (χ3n) is 3.82. The number of hydrogen-bond acceptors (Lipinski definition) is 3. The SMILES string of the molecule is CCN(CC)S(=O)(=O)c1ccc(C)c(CNC2CC2)c1. The molecule has 20 heavy (non-hydrogen) atoms. The van der Waals surface area contributed by atoms with Crippen LogP contribution < -0.4 is 5.32 Å². The van der Waals surface area contributed by atoms with E-state index in [9.17, 15) is 8.42 Å². The van der Waals surface area contributed by atoms with Crippen molar-refractivity contribution < 1.29 is 8.42 Å². The number of benzene rings is 1. The van der Waals surface area contributed by atoms with E-state index >= 15 is 0 Å². The number of hydrogen-bond donors (Lipinski definition) is 1. The van der Waals surface area contributed by atoms with Crippen LogP contribution >= 0.6 is 0 Å². The number of sulfonamides is 1. The lowest BCUT2D eigenvalue weighted by Gasteiger charge is -2.19. The zero-order valence-electron chi connectivity index (χ0n) is 12.5. The molecule has 1 fully saturated rings. The molecule has 1 aliphatic carbocycles. The second kappa shape index (κ2) is 6.24. The Bertz CT molecular complexity index is 561. The summed E-state index contributed by atoms with van der Waals surface area (Å²) in [5.41, 5.74) is 2.21. The Morgan fingerprint density at radius 1 is 1.25 bits per heavy atom. The van der Waals surface area contributed by atoms with Crippen molar-refractivity contribution in [3.63, 3.8) is 0 Å². The quantitative estimate of drug-likeness (QED) is 0.840. The Balaban J connectivity index is 2.24. The van der Waals surface area contributed by atoms with Crippen molar-refractivity contribution in [2.45, 2.75) is 51.1 Å². The predicted molar refractivity (Wildman–Crippen MR) is 81.1 cm³/mol. The molecular weight excluding hydrogens is 272 g/mol. The highest BCUT2D eigenvalue weighted by Crippen LogP contribution is 2.22. The molecule has 0 spiro atoms. The smallest absolute Gasteiger partial charge is 0.243 e. The van der Waals surface area contributed by atoms with Crippen LogP contribution in [-0.4, -0.2) is 31.9 Å². The molecular formula is C15H24N2O2S. The molecule has 0 radical (unpaired) electrons. The highest BCUT2D eigenvalue weighted by molar-refractivity contribution is 7.89. The van der Waals surface area contributed by atoms with Crippen LogP contribution in [-0.2, 0) is 16.6 Å². The van der Waals surface area contributed by atoms with Gasteiger partial charge in [-0.25, -0.2) is 8.42 Å². The number of aryl methyl sites for hydroxylation is 1. The molecule has 0 heterocycles. The standard InChI is InChI=1S/C15H24N2O2S/c1-4-17(5-2)20(18,19)15-9-6-12(3)13(10-15)11-16-14-7-8-14/h6,9-10,14,16H,4-5,7-8,11H2,1-3H3. The van der Waals surface area contributed by atoms with Gasteiger partial charge in [-0.1, -0.05) is 19.9 Å². The van der Waals surface area contributed by atoms with E-state index in [1.807, 2.05) is 32.9 Å². The van der Waals surface area contributed by atoms with Crippen molar-refractivity contribution in [1.82, 2.24) is 9.62 Å². The maximum atomic E-state index is 12.5. The molecule has 0 saturated heterocycles. The highest BCUT2D eigenvalue weighted by Gasteiger charge is 2.23. The monoisotopic (exact) mass is 296 g/mol. The zero-order chi connectivity index (χ0) is 14.8. The first-order chi connectivity index (χ1) is 9.48. The molecule has 0 amide bonds.